The van der Waals surface area contributed by atoms with Crippen LogP contribution < -0.4 is 4.74 Å². The molecular formula is C19H22ClNO3. The van der Waals surface area contributed by atoms with Crippen molar-refractivity contribution < 1.29 is 14.9 Å². The van der Waals surface area contributed by atoms with Crippen LogP contribution in [-0.2, 0) is 11.8 Å². The Morgan fingerprint density at radius 1 is 1.38 bits per heavy atom. The molecule has 5 heteroatoms. The Labute approximate surface area is 147 Å². The maximum absolute atomic E-state index is 10.5. The molecule has 0 saturated carbocycles. The predicted octanol–water partition coefficient (Wildman–Crippen LogP) is 2.18. The van der Waals surface area contributed by atoms with E-state index in [0.29, 0.717) is 17.7 Å². The average molecular weight is 348 g/mol. The molecule has 2 N–H and O–H groups in total. The van der Waals surface area contributed by atoms with E-state index in [1.807, 2.05) is 18.2 Å². The molecule has 1 saturated heterocycles. The zero-order valence-electron chi connectivity index (χ0n) is 13.4. The molecule has 4 aliphatic rings. The molecule has 2 heterocycles. The van der Waals surface area contributed by atoms with Crippen LogP contribution in [0.2, 0.25) is 0 Å². The van der Waals surface area contributed by atoms with Gasteiger partial charge in [-0.05, 0) is 31.0 Å². The van der Waals surface area contributed by atoms with Gasteiger partial charge < -0.3 is 14.9 Å². The quantitative estimate of drug-likeness (QED) is 0.805. The first-order chi connectivity index (χ1) is 11.2. The number of piperidine rings is 1. The van der Waals surface area contributed by atoms with Crippen molar-refractivity contribution in [1.29, 1.82) is 0 Å². The number of aliphatic hydroxyl groups excluding tert-OH is 1. The highest BCUT2D eigenvalue weighted by atomic mass is 35.5. The largest absolute Gasteiger partial charge is 0.504 e. The summed E-state index contributed by atoms with van der Waals surface area (Å²) < 4.78 is 6.13. The van der Waals surface area contributed by atoms with Gasteiger partial charge in [0, 0.05) is 29.5 Å². The molecule has 0 aromatic heterocycles. The normalized spacial score (nSPS) is 38.0. The monoisotopic (exact) mass is 347 g/mol. The van der Waals surface area contributed by atoms with E-state index in [4.69, 9.17) is 4.74 Å². The zero-order chi connectivity index (χ0) is 15.8. The Hall–Kier alpha value is -1.49. The lowest BCUT2D eigenvalue weighted by Crippen LogP contribution is -2.65. The molecule has 2 aliphatic heterocycles. The highest BCUT2D eigenvalue weighted by Crippen LogP contribution is 2.62. The van der Waals surface area contributed by atoms with E-state index in [1.54, 1.807) is 6.07 Å². The molecule has 3 unspecified atom stereocenters. The summed E-state index contributed by atoms with van der Waals surface area (Å²) in [6.07, 6.45) is 7.04. The van der Waals surface area contributed by atoms with Crippen LogP contribution in [0.1, 0.15) is 17.5 Å². The third-order valence-electron chi connectivity index (χ3n) is 6.35. The number of aliphatic hydroxyl groups is 1. The molecular weight excluding hydrogens is 326 g/mol. The van der Waals surface area contributed by atoms with Gasteiger partial charge in [0.05, 0.1) is 0 Å². The van der Waals surface area contributed by atoms with Crippen LogP contribution in [0.3, 0.4) is 0 Å². The zero-order valence-corrected chi connectivity index (χ0v) is 14.2. The van der Waals surface area contributed by atoms with Gasteiger partial charge in [-0.15, -0.1) is 19.0 Å². The molecule has 1 aromatic rings. The van der Waals surface area contributed by atoms with Gasteiger partial charge in [-0.25, -0.2) is 0 Å². The van der Waals surface area contributed by atoms with Crippen LogP contribution in [0.5, 0.6) is 11.5 Å². The van der Waals surface area contributed by atoms with Crippen LogP contribution in [0, 0.1) is 5.92 Å². The van der Waals surface area contributed by atoms with Crippen molar-refractivity contribution >= 4 is 12.4 Å². The second kappa shape index (κ2) is 5.25. The molecule has 1 fully saturated rings. The molecule has 2 aliphatic carbocycles. The van der Waals surface area contributed by atoms with Gasteiger partial charge in [-0.3, -0.25) is 4.90 Å². The summed E-state index contributed by atoms with van der Waals surface area (Å²) >= 11 is 0. The number of phenolic OH excluding ortho intramolecular Hbond substituents is 1. The second-order valence-corrected chi connectivity index (χ2v) is 7.23. The Bertz CT molecular complexity index is 734. The lowest BCUT2D eigenvalue weighted by molar-refractivity contribution is -0.0488. The van der Waals surface area contributed by atoms with Crippen LogP contribution in [-0.4, -0.2) is 46.5 Å². The number of phenols is 1. The fraction of sp³-hybridized carbons (Fsp3) is 0.474. The number of aromatic hydroxyl groups is 1. The Morgan fingerprint density at radius 3 is 3.00 bits per heavy atom. The number of rotatable bonds is 2. The van der Waals surface area contributed by atoms with E-state index in [9.17, 15) is 10.2 Å². The van der Waals surface area contributed by atoms with Crippen molar-refractivity contribution in [2.24, 2.45) is 5.92 Å². The highest BCUT2D eigenvalue weighted by Gasteiger charge is 2.64. The molecule has 0 amide bonds. The van der Waals surface area contributed by atoms with Crippen LogP contribution in [0.15, 0.2) is 36.9 Å². The van der Waals surface area contributed by atoms with Crippen molar-refractivity contribution in [3.63, 3.8) is 0 Å². The molecule has 128 valence electrons. The summed E-state index contributed by atoms with van der Waals surface area (Å²) in [4.78, 5) is 2.50. The summed E-state index contributed by atoms with van der Waals surface area (Å²) in [6, 6.07) is 4.17. The van der Waals surface area contributed by atoms with Crippen molar-refractivity contribution in [3.8, 4) is 11.5 Å². The third-order valence-corrected chi connectivity index (χ3v) is 6.35. The molecule has 1 aromatic carbocycles. The maximum atomic E-state index is 10.5. The number of hydrogen-bond donors (Lipinski definition) is 2. The summed E-state index contributed by atoms with van der Waals surface area (Å²) in [5.41, 5.74) is 2.22. The first-order valence-corrected chi connectivity index (χ1v) is 8.40. The molecule has 4 nitrogen and oxygen atoms in total. The van der Waals surface area contributed by atoms with Crippen LogP contribution in [0.4, 0.5) is 0 Å². The number of likely N-dealkylation sites (tertiary alicyclic amines) is 1. The van der Waals surface area contributed by atoms with Crippen molar-refractivity contribution in [2.75, 3.05) is 13.1 Å². The lowest BCUT2D eigenvalue weighted by Gasteiger charge is -2.57. The summed E-state index contributed by atoms with van der Waals surface area (Å²) in [5.74, 6) is 1.13. The lowest BCUT2D eigenvalue weighted by atomic mass is 9.53. The minimum atomic E-state index is -0.615. The van der Waals surface area contributed by atoms with Crippen molar-refractivity contribution in [1.82, 2.24) is 4.90 Å². The maximum Gasteiger partial charge on any atom is 0.165 e. The summed E-state index contributed by atoms with van der Waals surface area (Å²) in [7, 11) is 0. The molecule has 24 heavy (non-hydrogen) atoms. The van der Waals surface area contributed by atoms with E-state index in [-0.39, 0.29) is 29.7 Å². The topological polar surface area (TPSA) is 52.9 Å². The first-order valence-electron chi connectivity index (χ1n) is 8.40. The Kier molecular flexibility index (Phi) is 3.50. The molecule has 0 radical (unpaired) electrons. The second-order valence-electron chi connectivity index (χ2n) is 7.23. The van der Waals surface area contributed by atoms with Gasteiger partial charge in [-0.2, -0.15) is 0 Å². The fourth-order valence-electron chi connectivity index (χ4n) is 5.52. The molecule has 1 spiro atoms. The van der Waals surface area contributed by atoms with Gasteiger partial charge in [0.1, 0.15) is 12.2 Å². The van der Waals surface area contributed by atoms with Crippen LogP contribution in [0.25, 0.3) is 0 Å². The predicted molar refractivity (Wildman–Crippen MR) is 94.0 cm³/mol. The fourth-order valence-corrected chi connectivity index (χ4v) is 5.52. The van der Waals surface area contributed by atoms with E-state index >= 15 is 0 Å². The molecule has 5 rings (SSSR count). The van der Waals surface area contributed by atoms with E-state index < -0.39 is 6.10 Å². The van der Waals surface area contributed by atoms with Gasteiger partial charge in [-0.1, -0.05) is 24.3 Å². The highest BCUT2D eigenvalue weighted by molar-refractivity contribution is 5.85. The summed E-state index contributed by atoms with van der Waals surface area (Å²) in [5, 5.41) is 20.8. The smallest absolute Gasteiger partial charge is 0.165 e. The number of halogens is 1. The van der Waals surface area contributed by atoms with Gasteiger partial charge in [0.2, 0.25) is 0 Å². The minimum Gasteiger partial charge on any atom is -0.504 e. The van der Waals surface area contributed by atoms with E-state index in [2.05, 4.69) is 17.6 Å². The number of benzene rings is 1. The molecule has 2 bridgehead atoms. The van der Waals surface area contributed by atoms with Crippen molar-refractivity contribution in [2.45, 2.75) is 36.5 Å². The van der Waals surface area contributed by atoms with Gasteiger partial charge in [0.25, 0.3) is 0 Å². The Balaban J connectivity index is 0.00000146. The average Bonchev–Trinajstić information content (AvgIpc) is 2.89. The standard InChI is InChI=1S/C19H21NO3.ClH/c1-2-8-20-9-7-19-12-4-6-15(22)18(19)23-17-14(21)5-3-11(16(17)19)10-13(12)20;/h2-6,12-13,15,18,21-22H,1,7-10H2;1H/t12?,13-,15?,18?,19+;/m1./s1. The molecule has 5 atom stereocenters. The van der Waals surface area contributed by atoms with Gasteiger partial charge in [0.15, 0.2) is 11.5 Å². The third kappa shape index (κ3) is 1.71. The van der Waals surface area contributed by atoms with E-state index in [1.165, 1.54) is 5.56 Å². The SMILES string of the molecule is C=CCN1CC[C@]23c4c5ccc(O)c4OC2C(O)C=CC3[C@H]1C5.Cl. The number of nitrogens with zero attached hydrogens (tertiary/aromatic N) is 1. The number of ether oxygens (including phenoxy) is 1. The number of hydrogen-bond acceptors (Lipinski definition) is 4. The van der Waals surface area contributed by atoms with Gasteiger partial charge >= 0.3 is 0 Å². The first kappa shape index (κ1) is 16.0. The minimum absolute atomic E-state index is 0. The Morgan fingerprint density at radius 2 is 2.21 bits per heavy atom. The van der Waals surface area contributed by atoms with Crippen molar-refractivity contribution in [3.05, 3.63) is 48.1 Å². The van der Waals surface area contributed by atoms with E-state index in [0.717, 1.165) is 31.5 Å². The van der Waals surface area contributed by atoms with Crippen LogP contribution >= 0.6 is 12.4 Å². The summed E-state index contributed by atoms with van der Waals surface area (Å²) in [6.45, 7) is 5.76.